The van der Waals surface area contributed by atoms with Crippen LogP contribution in [0.25, 0.3) is 10.6 Å². The van der Waals surface area contributed by atoms with Crippen molar-refractivity contribution in [3.05, 3.63) is 40.4 Å². The molecule has 1 heterocycles. The third-order valence-corrected chi connectivity index (χ3v) is 3.82. The Morgan fingerprint density at radius 2 is 2.00 bits per heavy atom. The zero-order valence-electron chi connectivity index (χ0n) is 9.50. The van der Waals surface area contributed by atoms with E-state index in [0.717, 1.165) is 22.7 Å². The van der Waals surface area contributed by atoms with Crippen molar-refractivity contribution in [2.75, 3.05) is 0 Å². The Morgan fingerprint density at radius 3 is 2.53 bits per heavy atom. The zero-order valence-corrected chi connectivity index (χ0v) is 10.3. The molecule has 0 saturated carbocycles. The first-order valence-electron chi connectivity index (χ1n) is 5.17. The van der Waals surface area contributed by atoms with E-state index in [0.29, 0.717) is 10.6 Å². The summed E-state index contributed by atoms with van der Waals surface area (Å²) in [6.07, 6.45) is 0. The van der Waals surface area contributed by atoms with Gasteiger partial charge in [-0.3, -0.25) is 0 Å². The highest BCUT2D eigenvalue weighted by molar-refractivity contribution is 7.15. The average Bonchev–Trinajstić information content (AvgIpc) is 2.64. The molecule has 17 heavy (non-hydrogen) atoms. The number of hydrogen-bond acceptors (Lipinski definition) is 3. The minimum absolute atomic E-state index is 0.105. The van der Waals surface area contributed by atoms with Gasteiger partial charge >= 0.3 is 0 Å². The molecule has 0 aliphatic rings. The molecule has 2 rings (SSSR count). The second-order valence-electron chi connectivity index (χ2n) is 3.89. The molecular formula is C12H12F2N2S. The molecule has 90 valence electrons. The minimum atomic E-state index is -0.863. The summed E-state index contributed by atoms with van der Waals surface area (Å²) < 4.78 is 25.9. The smallest absolute Gasteiger partial charge is 0.159 e. The van der Waals surface area contributed by atoms with E-state index in [1.165, 1.54) is 17.4 Å². The molecule has 5 heteroatoms. The monoisotopic (exact) mass is 254 g/mol. The molecule has 0 saturated heterocycles. The van der Waals surface area contributed by atoms with Gasteiger partial charge in [0.1, 0.15) is 5.01 Å². The lowest BCUT2D eigenvalue weighted by Crippen LogP contribution is -2.03. The molecule has 0 aliphatic heterocycles. The van der Waals surface area contributed by atoms with Crippen LogP contribution in [0, 0.1) is 18.6 Å². The van der Waals surface area contributed by atoms with Crippen molar-refractivity contribution in [3.63, 3.8) is 0 Å². The van der Waals surface area contributed by atoms with E-state index in [2.05, 4.69) is 4.98 Å². The maximum absolute atomic E-state index is 13.1. The van der Waals surface area contributed by atoms with Crippen LogP contribution in [0.1, 0.15) is 23.5 Å². The normalized spacial score (nSPS) is 12.8. The van der Waals surface area contributed by atoms with Gasteiger partial charge < -0.3 is 5.73 Å². The number of rotatable bonds is 2. The van der Waals surface area contributed by atoms with Gasteiger partial charge in [0, 0.05) is 16.5 Å². The van der Waals surface area contributed by atoms with Gasteiger partial charge in [-0.2, -0.15) is 0 Å². The first kappa shape index (κ1) is 12.1. The molecule has 2 aromatic rings. The van der Waals surface area contributed by atoms with E-state index in [4.69, 9.17) is 5.73 Å². The van der Waals surface area contributed by atoms with Crippen LogP contribution in [-0.4, -0.2) is 4.98 Å². The van der Waals surface area contributed by atoms with Crippen molar-refractivity contribution in [3.8, 4) is 10.6 Å². The molecular weight excluding hydrogens is 242 g/mol. The maximum atomic E-state index is 13.1. The third-order valence-electron chi connectivity index (χ3n) is 2.41. The summed E-state index contributed by atoms with van der Waals surface area (Å²) in [4.78, 5) is 5.29. The number of aryl methyl sites for hydroxylation is 1. The summed E-state index contributed by atoms with van der Waals surface area (Å²) in [6, 6.07) is 3.67. The molecule has 1 atom stereocenters. The summed E-state index contributed by atoms with van der Waals surface area (Å²) in [7, 11) is 0. The zero-order chi connectivity index (χ0) is 12.6. The predicted octanol–water partition coefficient (Wildman–Crippen LogP) is 3.42. The fourth-order valence-electron chi connectivity index (χ4n) is 1.58. The molecule has 0 fully saturated rings. The van der Waals surface area contributed by atoms with E-state index in [1.54, 1.807) is 0 Å². The van der Waals surface area contributed by atoms with Crippen LogP contribution >= 0.6 is 11.3 Å². The van der Waals surface area contributed by atoms with Crippen molar-refractivity contribution in [1.82, 2.24) is 4.98 Å². The van der Waals surface area contributed by atoms with Gasteiger partial charge in [0.2, 0.25) is 0 Å². The van der Waals surface area contributed by atoms with E-state index in [9.17, 15) is 8.78 Å². The fourth-order valence-corrected chi connectivity index (χ4v) is 2.60. The number of thiazole rings is 1. The molecule has 0 aliphatic carbocycles. The first-order chi connectivity index (χ1) is 7.99. The molecule has 0 radical (unpaired) electrons. The van der Waals surface area contributed by atoms with Crippen LogP contribution in [0.2, 0.25) is 0 Å². The van der Waals surface area contributed by atoms with E-state index < -0.39 is 11.6 Å². The lowest BCUT2D eigenvalue weighted by atomic mass is 10.2. The van der Waals surface area contributed by atoms with E-state index in [-0.39, 0.29) is 6.04 Å². The van der Waals surface area contributed by atoms with Gasteiger partial charge in [-0.15, -0.1) is 11.3 Å². The Bertz CT molecular complexity index is 549. The molecule has 1 unspecified atom stereocenters. The van der Waals surface area contributed by atoms with Gasteiger partial charge in [0.15, 0.2) is 11.6 Å². The molecule has 0 spiro atoms. The maximum Gasteiger partial charge on any atom is 0.159 e. The van der Waals surface area contributed by atoms with Crippen molar-refractivity contribution >= 4 is 11.3 Å². The van der Waals surface area contributed by atoms with Crippen LogP contribution < -0.4 is 5.73 Å². The van der Waals surface area contributed by atoms with Gasteiger partial charge in [-0.25, -0.2) is 13.8 Å². The minimum Gasteiger partial charge on any atom is -0.323 e. The van der Waals surface area contributed by atoms with E-state index in [1.807, 2.05) is 13.8 Å². The van der Waals surface area contributed by atoms with Crippen molar-refractivity contribution in [2.24, 2.45) is 5.73 Å². The van der Waals surface area contributed by atoms with E-state index >= 15 is 0 Å². The molecule has 0 bridgehead atoms. The predicted molar refractivity (Wildman–Crippen MR) is 64.8 cm³/mol. The van der Waals surface area contributed by atoms with Crippen molar-refractivity contribution in [1.29, 1.82) is 0 Å². The van der Waals surface area contributed by atoms with Crippen LogP contribution in [0.15, 0.2) is 18.2 Å². The van der Waals surface area contributed by atoms with Crippen LogP contribution in [-0.2, 0) is 0 Å². The Kier molecular flexibility index (Phi) is 3.22. The Morgan fingerprint density at radius 1 is 1.29 bits per heavy atom. The SMILES string of the molecule is Cc1nc(-c2ccc(F)c(F)c2)sc1C(C)N. The molecule has 1 aromatic carbocycles. The lowest BCUT2D eigenvalue weighted by Gasteiger charge is -2.00. The number of hydrogen-bond donors (Lipinski definition) is 1. The number of nitrogens with two attached hydrogens (primary N) is 1. The molecule has 1 aromatic heterocycles. The largest absolute Gasteiger partial charge is 0.323 e. The number of halogens is 2. The third kappa shape index (κ3) is 2.35. The van der Waals surface area contributed by atoms with Crippen LogP contribution in [0.5, 0.6) is 0 Å². The standard InChI is InChI=1S/C12H12F2N2S/c1-6(15)11-7(2)16-12(17-11)8-3-4-9(13)10(14)5-8/h3-6H,15H2,1-2H3. The van der Waals surface area contributed by atoms with Crippen LogP contribution in [0.4, 0.5) is 8.78 Å². The van der Waals surface area contributed by atoms with Crippen LogP contribution in [0.3, 0.4) is 0 Å². The van der Waals surface area contributed by atoms with Gasteiger partial charge in [-0.1, -0.05) is 0 Å². The number of benzene rings is 1. The first-order valence-corrected chi connectivity index (χ1v) is 5.99. The van der Waals surface area contributed by atoms with Gasteiger partial charge in [-0.05, 0) is 32.0 Å². The summed E-state index contributed by atoms with van der Waals surface area (Å²) in [5, 5.41) is 0.661. The quantitative estimate of drug-likeness (QED) is 0.891. The average molecular weight is 254 g/mol. The lowest BCUT2D eigenvalue weighted by molar-refractivity contribution is 0.509. The molecule has 2 nitrogen and oxygen atoms in total. The Hall–Kier alpha value is -1.33. The number of nitrogens with zero attached hydrogens (tertiary/aromatic N) is 1. The molecule has 2 N–H and O–H groups in total. The highest BCUT2D eigenvalue weighted by atomic mass is 32.1. The van der Waals surface area contributed by atoms with Gasteiger partial charge in [0.05, 0.1) is 5.69 Å². The Balaban J connectivity index is 2.46. The summed E-state index contributed by atoms with van der Waals surface area (Å²) in [6.45, 7) is 3.73. The number of aromatic nitrogens is 1. The summed E-state index contributed by atoms with van der Waals surface area (Å²) in [5.74, 6) is -1.72. The van der Waals surface area contributed by atoms with Crippen molar-refractivity contribution < 1.29 is 8.78 Å². The van der Waals surface area contributed by atoms with Gasteiger partial charge in [0.25, 0.3) is 0 Å². The van der Waals surface area contributed by atoms with Crippen molar-refractivity contribution in [2.45, 2.75) is 19.9 Å². The summed E-state index contributed by atoms with van der Waals surface area (Å²) in [5.41, 5.74) is 7.21. The molecule has 0 amide bonds. The fraction of sp³-hybridized carbons (Fsp3) is 0.250. The second-order valence-corrected chi connectivity index (χ2v) is 4.92. The highest BCUT2D eigenvalue weighted by Gasteiger charge is 2.13. The topological polar surface area (TPSA) is 38.9 Å². The summed E-state index contributed by atoms with van der Waals surface area (Å²) >= 11 is 1.41. The second kappa shape index (κ2) is 4.50. The highest BCUT2D eigenvalue weighted by Crippen LogP contribution is 2.31. The Labute approximate surface area is 102 Å².